The Kier molecular flexibility index (Phi) is 4.43. The zero-order valence-corrected chi connectivity index (χ0v) is 15.0. The Balaban J connectivity index is 1.69. The molecule has 0 spiro atoms. The normalized spacial score (nSPS) is 11.3. The Labute approximate surface area is 151 Å². The molecule has 0 radical (unpaired) electrons. The fourth-order valence-corrected chi connectivity index (χ4v) is 3.11. The fraction of sp³-hybridized carbons (Fsp3) is 0.316. The Morgan fingerprint density at radius 3 is 2.88 bits per heavy atom. The second-order valence-corrected chi connectivity index (χ2v) is 6.23. The van der Waals surface area contributed by atoms with E-state index < -0.39 is 0 Å². The number of fused-ring (bicyclic) bond motifs is 2. The van der Waals surface area contributed by atoms with Gasteiger partial charge in [0.05, 0.1) is 18.3 Å². The largest absolute Gasteiger partial charge is 0.356 e. The standard InChI is InChI=1S/C19H21N7/c1-3-10-25(4-2)17-12-21-18-19(22-17)26(24-23-18)13-14-7-8-16-15(11-14)6-5-9-20-16/h5-9,11-12H,3-4,10,13H2,1-2H3. The third kappa shape index (κ3) is 3.08. The predicted molar refractivity (Wildman–Crippen MR) is 102 cm³/mol. The van der Waals surface area contributed by atoms with Crippen molar-refractivity contribution < 1.29 is 0 Å². The molecule has 0 aliphatic carbocycles. The Morgan fingerprint density at radius 2 is 2.04 bits per heavy atom. The second-order valence-electron chi connectivity index (χ2n) is 6.23. The number of anilines is 1. The molecular weight excluding hydrogens is 326 g/mol. The predicted octanol–water partition coefficient (Wildman–Crippen LogP) is 3.05. The van der Waals surface area contributed by atoms with Gasteiger partial charge >= 0.3 is 0 Å². The van der Waals surface area contributed by atoms with Crippen LogP contribution in [0.4, 0.5) is 5.82 Å². The zero-order valence-electron chi connectivity index (χ0n) is 15.0. The number of aromatic nitrogens is 6. The van der Waals surface area contributed by atoms with Gasteiger partial charge in [0.25, 0.3) is 0 Å². The summed E-state index contributed by atoms with van der Waals surface area (Å²) in [4.78, 5) is 15.8. The number of rotatable bonds is 6. The van der Waals surface area contributed by atoms with Crippen LogP contribution in [0.25, 0.3) is 22.2 Å². The first-order valence-electron chi connectivity index (χ1n) is 8.93. The summed E-state index contributed by atoms with van der Waals surface area (Å²) in [6.45, 7) is 6.73. The Hall–Kier alpha value is -3.09. The number of nitrogens with zero attached hydrogens (tertiary/aromatic N) is 7. The molecular formula is C19H21N7. The summed E-state index contributed by atoms with van der Waals surface area (Å²) >= 11 is 0. The van der Waals surface area contributed by atoms with Crippen molar-refractivity contribution in [3.63, 3.8) is 0 Å². The average molecular weight is 347 g/mol. The first-order valence-corrected chi connectivity index (χ1v) is 8.93. The van der Waals surface area contributed by atoms with Crippen LogP contribution in [0.1, 0.15) is 25.8 Å². The molecule has 0 bridgehead atoms. The molecule has 0 atom stereocenters. The van der Waals surface area contributed by atoms with Crippen molar-refractivity contribution in [3.05, 3.63) is 48.3 Å². The van der Waals surface area contributed by atoms with Gasteiger partial charge in [0, 0.05) is 24.7 Å². The molecule has 1 aromatic carbocycles. The van der Waals surface area contributed by atoms with E-state index in [-0.39, 0.29) is 0 Å². The lowest BCUT2D eigenvalue weighted by molar-refractivity contribution is 0.663. The monoisotopic (exact) mass is 347 g/mol. The van der Waals surface area contributed by atoms with Crippen molar-refractivity contribution >= 4 is 28.0 Å². The highest BCUT2D eigenvalue weighted by Crippen LogP contribution is 2.17. The van der Waals surface area contributed by atoms with Gasteiger partial charge in [-0.05, 0) is 37.1 Å². The molecule has 4 rings (SSSR count). The van der Waals surface area contributed by atoms with Crippen molar-refractivity contribution in [3.8, 4) is 0 Å². The lowest BCUT2D eigenvalue weighted by atomic mass is 10.1. The van der Waals surface area contributed by atoms with Crippen molar-refractivity contribution in [1.29, 1.82) is 0 Å². The molecule has 0 N–H and O–H groups in total. The molecule has 4 aromatic rings. The smallest absolute Gasteiger partial charge is 0.221 e. The summed E-state index contributed by atoms with van der Waals surface area (Å²) in [7, 11) is 0. The number of hydrogen-bond acceptors (Lipinski definition) is 6. The van der Waals surface area contributed by atoms with Crippen LogP contribution in [-0.4, -0.2) is 43.0 Å². The first-order chi connectivity index (χ1) is 12.8. The van der Waals surface area contributed by atoms with Crippen LogP contribution in [0.15, 0.2) is 42.7 Å². The van der Waals surface area contributed by atoms with E-state index in [0.29, 0.717) is 17.8 Å². The molecule has 0 amide bonds. The minimum atomic E-state index is 0.573. The van der Waals surface area contributed by atoms with Crippen LogP contribution in [0.5, 0.6) is 0 Å². The SMILES string of the molecule is CCCN(CC)c1cnc2nnn(Cc3ccc4ncccc4c3)c2n1. The highest BCUT2D eigenvalue weighted by molar-refractivity contribution is 5.79. The van der Waals surface area contributed by atoms with Gasteiger partial charge in [-0.2, -0.15) is 0 Å². The Morgan fingerprint density at radius 1 is 1.12 bits per heavy atom. The molecule has 26 heavy (non-hydrogen) atoms. The van der Waals surface area contributed by atoms with Gasteiger partial charge in [-0.15, -0.1) is 5.10 Å². The van der Waals surface area contributed by atoms with Crippen LogP contribution in [0, 0.1) is 0 Å². The number of hydrogen-bond donors (Lipinski definition) is 0. The van der Waals surface area contributed by atoms with Gasteiger partial charge < -0.3 is 4.90 Å². The lowest BCUT2D eigenvalue weighted by Crippen LogP contribution is -2.24. The van der Waals surface area contributed by atoms with Crippen LogP contribution in [-0.2, 0) is 6.54 Å². The van der Waals surface area contributed by atoms with Crippen LogP contribution in [0.2, 0.25) is 0 Å². The molecule has 0 aliphatic rings. The van der Waals surface area contributed by atoms with Gasteiger partial charge in [-0.25, -0.2) is 14.6 Å². The molecule has 0 unspecified atom stereocenters. The van der Waals surface area contributed by atoms with E-state index in [4.69, 9.17) is 4.98 Å². The number of benzene rings is 1. The van der Waals surface area contributed by atoms with E-state index in [0.717, 1.165) is 41.8 Å². The van der Waals surface area contributed by atoms with E-state index in [9.17, 15) is 0 Å². The van der Waals surface area contributed by atoms with Crippen molar-refractivity contribution in [2.75, 3.05) is 18.0 Å². The molecule has 7 nitrogen and oxygen atoms in total. The van der Waals surface area contributed by atoms with Crippen molar-refractivity contribution in [2.24, 2.45) is 0 Å². The van der Waals surface area contributed by atoms with Crippen LogP contribution >= 0.6 is 0 Å². The van der Waals surface area contributed by atoms with E-state index in [2.05, 4.69) is 57.2 Å². The third-order valence-corrected chi connectivity index (χ3v) is 4.41. The molecule has 0 fully saturated rings. The van der Waals surface area contributed by atoms with Gasteiger partial charge in [-0.3, -0.25) is 4.98 Å². The third-order valence-electron chi connectivity index (χ3n) is 4.41. The lowest BCUT2D eigenvalue weighted by Gasteiger charge is -2.20. The molecule has 0 saturated carbocycles. The molecule has 132 valence electrons. The van der Waals surface area contributed by atoms with Crippen molar-refractivity contribution in [2.45, 2.75) is 26.8 Å². The van der Waals surface area contributed by atoms with E-state index in [1.165, 1.54) is 0 Å². The highest BCUT2D eigenvalue weighted by Gasteiger charge is 2.12. The van der Waals surface area contributed by atoms with E-state index in [1.807, 2.05) is 16.8 Å². The van der Waals surface area contributed by atoms with Crippen LogP contribution in [0.3, 0.4) is 0 Å². The fourth-order valence-electron chi connectivity index (χ4n) is 3.11. The summed E-state index contributed by atoms with van der Waals surface area (Å²) in [6.07, 6.45) is 4.65. The number of pyridine rings is 1. The summed E-state index contributed by atoms with van der Waals surface area (Å²) in [5.41, 5.74) is 3.40. The van der Waals surface area contributed by atoms with E-state index >= 15 is 0 Å². The summed E-state index contributed by atoms with van der Waals surface area (Å²) in [5.74, 6) is 0.869. The first kappa shape index (κ1) is 16.4. The molecule has 3 aromatic heterocycles. The molecule has 0 aliphatic heterocycles. The van der Waals surface area contributed by atoms with Gasteiger partial charge in [0.2, 0.25) is 5.65 Å². The van der Waals surface area contributed by atoms with E-state index in [1.54, 1.807) is 12.4 Å². The quantitative estimate of drug-likeness (QED) is 0.534. The minimum Gasteiger partial charge on any atom is -0.356 e. The average Bonchev–Trinajstić information content (AvgIpc) is 3.08. The zero-order chi connectivity index (χ0) is 17.9. The maximum Gasteiger partial charge on any atom is 0.221 e. The minimum absolute atomic E-state index is 0.573. The summed E-state index contributed by atoms with van der Waals surface area (Å²) in [5, 5.41) is 9.52. The molecule has 3 heterocycles. The second kappa shape index (κ2) is 7.03. The topological polar surface area (TPSA) is 72.6 Å². The highest BCUT2D eigenvalue weighted by atomic mass is 15.5. The Bertz CT molecular complexity index is 1040. The van der Waals surface area contributed by atoms with Gasteiger partial charge in [-0.1, -0.05) is 24.3 Å². The van der Waals surface area contributed by atoms with Crippen molar-refractivity contribution in [1.82, 2.24) is 29.9 Å². The maximum atomic E-state index is 4.77. The maximum absolute atomic E-state index is 4.77. The molecule has 7 heteroatoms. The van der Waals surface area contributed by atoms with Crippen LogP contribution < -0.4 is 4.90 Å². The van der Waals surface area contributed by atoms with Gasteiger partial charge in [0.15, 0.2) is 5.65 Å². The van der Waals surface area contributed by atoms with Gasteiger partial charge in [0.1, 0.15) is 5.82 Å². The molecule has 0 saturated heterocycles. The summed E-state index contributed by atoms with van der Waals surface area (Å²) in [6, 6.07) is 10.2. The summed E-state index contributed by atoms with van der Waals surface area (Å²) < 4.78 is 1.81.